The topological polar surface area (TPSA) is 98.5 Å². The van der Waals surface area contributed by atoms with Gasteiger partial charge in [0.25, 0.3) is 5.91 Å². The maximum Gasteiger partial charge on any atom is 0.257 e. The largest absolute Gasteiger partial charge is 0.481 e. The lowest BCUT2D eigenvalue weighted by atomic mass is 10.3. The molecular formula is C9H10F2N2O4S. The molecule has 3 N–H and O–H groups in total. The van der Waals surface area contributed by atoms with Gasteiger partial charge in [-0.1, -0.05) is 0 Å². The number of amides is 1. The molecule has 0 saturated carbocycles. The summed E-state index contributed by atoms with van der Waals surface area (Å²) in [4.78, 5) is 9.86. The van der Waals surface area contributed by atoms with E-state index in [9.17, 15) is 22.0 Å². The first kappa shape index (κ1) is 14.3. The minimum atomic E-state index is -4.36. The highest BCUT2D eigenvalue weighted by Gasteiger charge is 2.21. The van der Waals surface area contributed by atoms with Crippen molar-refractivity contribution in [1.29, 1.82) is 0 Å². The average Bonchev–Trinajstić information content (AvgIpc) is 2.28. The Kier molecular flexibility index (Phi) is 4.19. The molecule has 1 aromatic rings. The number of rotatable bonds is 4. The summed E-state index contributed by atoms with van der Waals surface area (Å²) in [7, 11) is -3.02. The molecule has 1 amide bonds. The van der Waals surface area contributed by atoms with Gasteiger partial charge in [-0.25, -0.2) is 17.9 Å². The molecule has 0 saturated heterocycles. The van der Waals surface area contributed by atoms with E-state index < -0.39 is 44.8 Å². The molecule has 100 valence electrons. The van der Waals surface area contributed by atoms with Crippen LogP contribution in [-0.4, -0.2) is 28.0 Å². The Bertz CT molecular complexity index is 574. The molecule has 0 heterocycles. The summed E-state index contributed by atoms with van der Waals surface area (Å²) in [6.07, 6.45) is 0. The molecule has 0 aliphatic heterocycles. The number of nitrogens with one attached hydrogen (secondary N) is 1. The van der Waals surface area contributed by atoms with Crippen molar-refractivity contribution in [2.45, 2.75) is 4.90 Å². The van der Waals surface area contributed by atoms with Gasteiger partial charge < -0.3 is 10.1 Å². The summed E-state index contributed by atoms with van der Waals surface area (Å²) in [5, 5.41) is 6.89. The lowest BCUT2D eigenvalue weighted by Gasteiger charge is -2.08. The van der Waals surface area contributed by atoms with Crippen LogP contribution in [0.5, 0.6) is 5.75 Å². The fourth-order valence-corrected chi connectivity index (χ4v) is 1.66. The maximum absolute atomic E-state index is 13.4. The van der Waals surface area contributed by atoms with Gasteiger partial charge in [-0.15, -0.1) is 0 Å². The molecule has 0 atom stereocenters. The van der Waals surface area contributed by atoms with Crippen LogP contribution in [0, 0.1) is 11.6 Å². The maximum atomic E-state index is 13.4. The quantitative estimate of drug-likeness (QED) is 0.793. The SMILES string of the molecule is CNC(=O)COc1ccc(S(N)(=O)=O)c(F)c1F. The second-order valence-corrected chi connectivity index (χ2v) is 4.73. The highest BCUT2D eigenvalue weighted by atomic mass is 32.2. The van der Waals surface area contributed by atoms with Gasteiger partial charge in [-0.2, -0.15) is 4.39 Å². The summed E-state index contributed by atoms with van der Waals surface area (Å²) >= 11 is 0. The number of nitrogens with two attached hydrogens (primary N) is 1. The van der Waals surface area contributed by atoms with Crippen LogP contribution < -0.4 is 15.2 Å². The van der Waals surface area contributed by atoms with E-state index in [1.165, 1.54) is 7.05 Å². The van der Waals surface area contributed by atoms with Crippen molar-refractivity contribution in [3.8, 4) is 5.75 Å². The van der Waals surface area contributed by atoms with Gasteiger partial charge in [0.05, 0.1) is 0 Å². The van der Waals surface area contributed by atoms with Gasteiger partial charge in [0.2, 0.25) is 15.8 Å². The third-order valence-corrected chi connectivity index (χ3v) is 2.88. The lowest BCUT2D eigenvalue weighted by Crippen LogP contribution is -2.25. The Balaban J connectivity index is 3.06. The Morgan fingerprint density at radius 1 is 1.39 bits per heavy atom. The van der Waals surface area contributed by atoms with E-state index in [2.05, 4.69) is 15.2 Å². The third kappa shape index (κ3) is 3.14. The first-order valence-electron chi connectivity index (χ1n) is 4.61. The first-order valence-corrected chi connectivity index (χ1v) is 6.16. The number of primary sulfonamides is 1. The second-order valence-electron chi connectivity index (χ2n) is 3.20. The van der Waals surface area contributed by atoms with Crippen LogP contribution >= 0.6 is 0 Å². The fraction of sp³-hybridized carbons (Fsp3) is 0.222. The molecule has 9 heteroatoms. The molecule has 18 heavy (non-hydrogen) atoms. The summed E-state index contributed by atoms with van der Waals surface area (Å²) in [5.41, 5.74) is 0. The molecule has 0 aromatic heterocycles. The van der Waals surface area contributed by atoms with Gasteiger partial charge >= 0.3 is 0 Å². The average molecular weight is 280 g/mol. The third-order valence-electron chi connectivity index (χ3n) is 1.96. The summed E-state index contributed by atoms with van der Waals surface area (Å²) in [6.45, 7) is -0.526. The molecule has 0 bridgehead atoms. The highest BCUT2D eigenvalue weighted by Crippen LogP contribution is 2.24. The summed E-state index contributed by atoms with van der Waals surface area (Å²) in [6, 6.07) is 1.63. The van der Waals surface area contributed by atoms with Gasteiger partial charge in [0.15, 0.2) is 18.2 Å². The van der Waals surface area contributed by atoms with Crippen molar-refractivity contribution in [2.24, 2.45) is 5.14 Å². The van der Waals surface area contributed by atoms with Crippen LogP contribution in [0.1, 0.15) is 0 Å². The van der Waals surface area contributed by atoms with E-state index in [1.807, 2.05) is 0 Å². The van der Waals surface area contributed by atoms with E-state index in [0.717, 1.165) is 12.1 Å². The van der Waals surface area contributed by atoms with Gasteiger partial charge in [-0.3, -0.25) is 4.79 Å². The molecule has 0 aliphatic carbocycles. The molecule has 1 aromatic carbocycles. The van der Waals surface area contributed by atoms with Gasteiger partial charge in [-0.05, 0) is 12.1 Å². The number of sulfonamides is 1. The van der Waals surface area contributed by atoms with E-state index in [4.69, 9.17) is 0 Å². The van der Waals surface area contributed by atoms with Crippen LogP contribution in [0.25, 0.3) is 0 Å². The molecule has 0 spiro atoms. The number of hydrogen-bond donors (Lipinski definition) is 2. The zero-order valence-corrected chi connectivity index (χ0v) is 10.1. The molecule has 0 radical (unpaired) electrons. The first-order chi connectivity index (χ1) is 8.27. The van der Waals surface area contributed by atoms with Crippen LogP contribution in [0.3, 0.4) is 0 Å². The van der Waals surface area contributed by atoms with Crippen molar-refractivity contribution < 1.29 is 26.7 Å². The van der Waals surface area contributed by atoms with Crippen molar-refractivity contribution in [3.63, 3.8) is 0 Å². The van der Waals surface area contributed by atoms with Crippen molar-refractivity contribution in [3.05, 3.63) is 23.8 Å². The van der Waals surface area contributed by atoms with E-state index in [-0.39, 0.29) is 0 Å². The molecule has 0 unspecified atom stereocenters. The molecule has 1 rings (SSSR count). The van der Waals surface area contributed by atoms with E-state index in [1.54, 1.807) is 0 Å². The Labute approximate surface area is 102 Å². The zero-order chi connectivity index (χ0) is 13.9. The van der Waals surface area contributed by atoms with E-state index >= 15 is 0 Å². The van der Waals surface area contributed by atoms with Gasteiger partial charge in [0, 0.05) is 7.05 Å². The van der Waals surface area contributed by atoms with Crippen molar-refractivity contribution >= 4 is 15.9 Å². The minimum absolute atomic E-state index is 0.526. The molecular weight excluding hydrogens is 270 g/mol. The normalized spacial score (nSPS) is 11.1. The van der Waals surface area contributed by atoms with Crippen LogP contribution in [0.2, 0.25) is 0 Å². The summed E-state index contributed by atoms with van der Waals surface area (Å²) in [5.74, 6) is -4.30. The van der Waals surface area contributed by atoms with Crippen LogP contribution in [0.15, 0.2) is 17.0 Å². The smallest absolute Gasteiger partial charge is 0.257 e. The molecule has 0 fully saturated rings. The van der Waals surface area contributed by atoms with Crippen molar-refractivity contribution in [2.75, 3.05) is 13.7 Å². The Hall–Kier alpha value is -1.74. The van der Waals surface area contributed by atoms with E-state index in [0.29, 0.717) is 0 Å². The second kappa shape index (κ2) is 5.27. The predicted octanol–water partition coefficient (Wildman–Crippen LogP) is -0.263. The van der Waals surface area contributed by atoms with Crippen LogP contribution in [0.4, 0.5) is 8.78 Å². The van der Waals surface area contributed by atoms with Crippen LogP contribution in [-0.2, 0) is 14.8 Å². The highest BCUT2D eigenvalue weighted by molar-refractivity contribution is 7.89. The number of hydrogen-bond acceptors (Lipinski definition) is 4. The zero-order valence-electron chi connectivity index (χ0n) is 9.24. The molecule has 6 nitrogen and oxygen atoms in total. The fourth-order valence-electron chi connectivity index (χ4n) is 1.06. The molecule has 0 aliphatic rings. The summed E-state index contributed by atoms with van der Waals surface area (Å²) < 4.78 is 53.2. The monoisotopic (exact) mass is 280 g/mol. The standard InChI is InChI=1S/C9H10F2N2O4S/c1-13-7(14)4-17-5-2-3-6(18(12,15)16)9(11)8(5)10/h2-3H,4H2,1H3,(H,13,14)(H2,12,15,16). The number of ether oxygens (including phenoxy) is 1. The van der Waals surface area contributed by atoms with Gasteiger partial charge in [0.1, 0.15) is 4.90 Å². The number of carbonyl (C=O) groups is 1. The number of benzene rings is 1. The Morgan fingerprint density at radius 3 is 2.50 bits per heavy atom. The Morgan fingerprint density at radius 2 is 2.00 bits per heavy atom. The minimum Gasteiger partial charge on any atom is -0.481 e. The number of carbonyl (C=O) groups excluding carboxylic acids is 1. The lowest BCUT2D eigenvalue weighted by molar-refractivity contribution is -0.122. The van der Waals surface area contributed by atoms with Crippen molar-refractivity contribution in [1.82, 2.24) is 5.32 Å². The number of halogens is 2. The predicted molar refractivity (Wildman–Crippen MR) is 57.3 cm³/mol. The number of likely N-dealkylation sites (N-methyl/N-ethyl adjacent to an activating group) is 1.